The van der Waals surface area contributed by atoms with E-state index in [2.05, 4.69) is 29.0 Å². The van der Waals surface area contributed by atoms with Crippen molar-refractivity contribution in [3.63, 3.8) is 0 Å². The van der Waals surface area contributed by atoms with Gasteiger partial charge in [0.05, 0.1) is 5.56 Å². The fraction of sp³-hybridized carbons (Fsp3) is 0.333. The van der Waals surface area contributed by atoms with E-state index in [9.17, 15) is 9.59 Å². The summed E-state index contributed by atoms with van der Waals surface area (Å²) in [7, 11) is 0. The Morgan fingerprint density at radius 1 is 1.30 bits per heavy atom. The molecule has 1 amide bonds. The molecule has 0 aromatic heterocycles. The third-order valence-electron chi connectivity index (χ3n) is 2.07. The Balaban J connectivity index is 0.000000367. The van der Waals surface area contributed by atoms with E-state index in [4.69, 9.17) is 5.11 Å². The van der Waals surface area contributed by atoms with Crippen molar-refractivity contribution in [2.45, 2.75) is 26.7 Å². The van der Waals surface area contributed by atoms with Gasteiger partial charge in [0, 0.05) is 13.5 Å². The Morgan fingerprint density at radius 2 is 1.95 bits per heavy atom. The van der Waals surface area contributed by atoms with Gasteiger partial charge in [-0.1, -0.05) is 37.5 Å². The number of unbranched alkanes of at least 4 members (excludes halogenated alkanes) is 1. The minimum atomic E-state index is -0.879. The Bertz CT molecular complexity index is 460. The van der Waals surface area contributed by atoms with Crippen LogP contribution in [0, 0.1) is 12.0 Å². The van der Waals surface area contributed by atoms with Gasteiger partial charge in [-0.2, -0.15) is 0 Å². The zero-order chi connectivity index (χ0) is 15.2. The summed E-state index contributed by atoms with van der Waals surface area (Å²) in [6.07, 6.45) is 3.77. The van der Waals surface area contributed by atoms with Crippen LogP contribution in [0.1, 0.15) is 37.0 Å². The normalized spacial score (nSPS) is 8.30. The number of benzene rings is 1. The minimum Gasteiger partial charge on any atom is -0.478 e. The summed E-state index contributed by atoms with van der Waals surface area (Å²) in [6, 6.07) is 8.30. The molecule has 20 heavy (non-hydrogen) atoms. The van der Waals surface area contributed by atoms with Gasteiger partial charge in [-0.05, 0) is 18.6 Å². The summed E-state index contributed by atoms with van der Waals surface area (Å²) in [4.78, 5) is 20.8. The molecule has 1 rings (SSSR count). The smallest absolute Gasteiger partial charge is 0.421 e. The molecule has 0 saturated heterocycles. The zero-order valence-electron chi connectivity index (χ0n) is 11.7. The van der Waals surface area contributed by atoms with Crippen LogP contribution in [0.4, 0.5) is 4.79 Å². The molecule has 2 N–H and O–H groups in total. The summed E-state index contributed by atoms with van der Waals surface area (Å²) in [5.74, 6) is 1.58. The first-order chi connectivity index (χ1) is 9.61. The number of nitrogens with one attached hydrogen (secondary N) is 1. The van der Waals surface area contributed by atoms with Crippen molar-refractivity contribution in [2.75, 3.05) is 6.54 Å². The molecule has 0 atom stereocenters. The molecule has 0 heterocycles. The fourth-order valence-electron chi connectivity index (χ4n) is 1.08. The lowest BCUT2D eigenvalue weighted by Gasteiger charge is -1.98. The van der Waals surface area contributed by atoms with Crippen LogP contribution in [0.3, 0.4) is 0 Å². The number of carbonyl (C=O) groups excluding carboxylic acids is 1. The van der Waals surface area contributed by atoms with Gasteiger partial charge in [-0.3, -0.25) is 0 Å². The summed E-state index contributed by atoms with van der Waals surface area (Å²) < 4.78 is 4.43. The van der Waals surface area contributed by atoms with Crippen LogP contribution < -0.4 is 5.32 Å². The van der Waals surface area contributed by atoms with Gasteiger partial charge in [0.1, 0.15) is 6.11 Å². The van der Waals surface area contributed by atoms with Gasteiger partial charge in [0.15, 0.2) is 0 Å². The van der Waals surface area contributed by atoms with E-state index in [1.165, 1.54) is 0 Å². The number of carbonyl (C=O) groups is 2. The number of carboxylic acids is 1. The zero-order valence-corrected chi connectivity index (χ0v) is 11.7. The van der Waals surface area contributed by atoms with Crippen LogP contribution in [-0.4, -0.2) is 23.7 Å². The molecule has 0 radical (unpaired) electrons. The molecule has 0 aliphatic carbocycles. The first kappa shape index (κ1) is 17.5. The van der Waals surface area contributed by atoms with Crippen molar-refractivity contribution in [3.05, 3.63) is 35.9 Å². The van der Waals surface area contributed by atoms with Crippen molar-refractivity contribution in [1.82, 2.24) is 5.32 Å². The highest BCUT2D eigenvalue weighted by Crippen LogP contribution is 1.96. The predicted molar refractivity (Wildman–Crippen MR) is 76.2 cm³/mol. The van der Waals surface area contributed by atoms with Gasteiger partial charge in [0.25, 0.3) is 0 Å². The van der Waals surface area contributed by atoms with Crippen LogP contribution in [-0.2, 0) is 4.74 Å². The van der Waals surface area contributed by atoms with E-state index in [1.54, 1.807) is 37.3 Å². The maximum Gasteiger partial charge on any atom is 0.421 e. The first-order valence-corrected chi connectivity index (χ1v) is 6.26. The van der Waals surface area contributed by atoms with Crippen molar-refractivity contribution in [3.8, 4) is 12.0 Å². The van der Waals surface area contributed by atoms with Gasteiger partial charge in [-0.25, -0.2) is 9.59 Å². The maximum atomic E-state index is 10.6. The van der Waals surface area contributed by atoms with E-state index < -0.39 is 12.1 Å². The standard InChI is InChI=1S/C8H13NO2.C7H6O2/c1-3-5-6-9-8(10)11-7-4-2;8-7(9)6-4-2-1-3-5-6/h3,5-6H2,1-2H3,(H,9,10);1-5H,(H,8,9). The number of amides is 1. The summed E-state index contributed by atoms with van der Waals surface area (Å²) >= 11 is 0. The largest absolute Gasteiger partial charge is 0.478 e. The first-order valence-electron chi connectivity index (χ1n) is 6.26. The Hall–Kier alpha value is -2.48. The number of hydrogen-bond donors (Lipinski definition) is 2. The Kier molecular flexibility index (Phi) is 10.2. The SMILES string of the molecule is CC#COC(=O)NCCCC.O=C(O)c1ccccc1. The third-order valence-corrected chi connectivity index (χ3v) is 2.07. The molecule has 0 saturated carbocycles. The fourth-order valence-corrected chi connectivity index (χ4v) is 1.08. The number of rotatable bonds is 4. The lowest BCUT2D eigenvalue weighted by atomic mass is 10.2. The highest BCUT2D eigenvalue weighted by Gasteiger charge is 1.97. The molecule has 0 unspecified atom stereocenters. The van der Waals surface area contributed by atoms with Crippen molar-refractivity contribution < 1.29 is 19.4 Å². The number of alkyl carbamates (subject to hydrolysis) is 1. The number of ether oxygens (including phenoxy) is 1. The molecule has 5 nitrogen and oxygen atoms in total. The highest BCUT2D eigenvalue weighted by molar-refractivity contribution is 5.87. The van der Waals surface area contributed by atoms with Crippen LogP contribution >= 0.6 is 0 Å². The average Bonchev–Trinajstić information content (AvgIpc) is 2.47. The van der Waals surface area contributed by atoms with Crippen LogP contribution in [0.5, 0.6) is 0 Å². The monoisotopic (exact) mass is 277 g/mol. The van der Waals surface area contributed by atoms with E-state index in [1.807, 2.05) is 0 Å². The molecule has 1 aromatic carbocycles. The summed E-state index contributed by atoms with van der Waals surface area (Å²) in [5, 5.41) is 10.9. The van der Waals surface area contributed by atoms with Gasteiger partial charge in [-0.15, -0.1) is 0 Å². The third kappa shape index (κ3) is 9.54. The summed E-state index contributed by atoms with van der Waals surface area (Å²) in [6.45, 7) is 4.32. The molecule has 0 spiro atoms. The Labute approximate surface area is 119 Å². The number of aromatic carboxylic acids is 1. The van der Waals surface area contributed by atoms with E-state index >= 15 is 0 Å². The van der Waals surface area contributed by atoms with Crippen molar-refractivity contribution >= 4 is 12.1 Å². The van der Waals surface area contributed by atoms with Crippen molar-refractivity contribution in [2.24, 2.45) is 0 Å². The minimum absolute atomic E-state index is 0.331. The molecular weight excluding hydrogens is 258 g/mol. The number of hydrogen-bond acceptors (Lipinski definition) is 3. The predicted octanol–water partition coefficient (Wildman–Crippen LogP) is 2.88. The van der Waals surface area contributed by atoms with E-state index in [0.29, 0.717) is 12.1 Å². The van der Waals surface area contributed by atoms with Crippen molar-refractivity contribution in [1.29, 1.82) is 0 Å². The molecule has 0 fully saturated rings. The second-order valence-electron chi connectivity index (χ2n) is 3.69. The van der Waals surface area contributed by atoms with Crippen LogP contribution in [0.25, 0.3) is 0 Å². The second kappa shape index (κ2) is 11.6. The Morgan fingerprint density at radius 3 is 2.40 bits per heavy atom. The molecule has 0 bridgehead atoms. The van der Waals surface area contributed by atoms with Crippen LogP contribution in [0.2, 0.25) is 0 Å². The van der Waals surface area contributed by atoms with Gasteiger partial charge in [0.2, 0.25) is 0 Å². The molecule has 0 aliphatic rings. The highest BCUT2D eigenvalue weighted by atomic mass is 16.5. The molecule has 108 valence electrons. The number of carboxylic acid groups (broad SMARTS) is 1. The van der Waals surface area contributed by atoms with E-state index in [0.717, 1.165) is 12.8 Å². The molecule has 1 aromatic rings. The lowest BCUT2D eigenvalue weighted by Crippen LogP contribution is -2.23. The van der Waals surface area contributed by atoms with E-state index in [-0.39, 0.29) is 0 Å². The van der Waals surface area contributed by atoms with Gasteiger partial charge < -0.3 is 15.2 Å². The molecular formula is C15H19NO4. The topological polar surface area (TPSA) is 75.6 Å². The molecule has 5 heteroatoms. The summed E-state index contributed by atoms with van der Waals surface area (Å²) in [5.41, 5.74) is 0.331. The van der Waals surface area contributed by atoms with Crippen LogP contribution in [0.15, 0.2) is 30.3 Å². The van der Waals surface area contributed by atoms with Gasteiger partial charge >= 0.3 is 12.1 Å². The quantitative estimate of drug-likeness (QED) is 0.655. The average molecular weight is 277 g/mol. The molecule has 0 aliphatic heterocycles. The second-order valence-corrected chi connectivity index (χ2v) is 3.69. The maximum absolute atomic E-state index is 10.6. The lowest BCUT2D eigenvalue weighted by molar-refractivity contribution is 0.0697.